The Morgan fingerprint density at radius 2 is 2.04 bits per heavy atom. The molecule has 1 aliphatic heterocycles. The highest BCUT2D eigenvalue weighted by Gasteiger charge is 2.30. The first-order chi connectivity index (χ1) is 12.2. The van der Waals surface area contributed by atoms with E-state index < -0.39 is 0 Å². The summed E-state index contributed by atoms with van der Waals surface area (Å²) in [6.45, 7) is 5.78. The molecular formula is C19H27N5O. The second-order valence-electron chi connectivity index (χ2n) is 6.82. The third-order valence-corrected chi connectivity index (χ3v) is 5.24. The Labute approximate surface area is 149 Å². The van der Waals surface area contributed by atoms with E-state index in [1.54, 1.807) is 18.7 Å². The molecule has 1 atom stereocenters. The van der Waals surface area contributed by atoms with E-state index in [-0.39, 0.29) is 11.8 Å². The minimum atomic E-state index is 0.136. The van der Waals surface area contributed by atoms with Crippen LogP contribution in [0, 0.1) is 5.92 Å². The third-order valence-electron chi connectivity index (χ3n) is 5.24. The molecule has 3 rings (SSSR count). The molecule has 1 amide bonds. The van der Waals surface area contributed by atoms with Gasteiger partial charge in [0.05, 0.1) is 23.9 Å². The average Bonchev–Trinajstić information content (AvgIpc) is 3.08. The Hall–Kier alpha value is -2.24. The highest BCUT2D eigenvalue weighted by atomic mass is 16.2. The quantitative estimate of drug-likeness (QED) is 0.838. The molecule has 6 heteroatoms. The van der Waals surface area contributed by atoms with Crippen LogP contribution in [-0.2, 0) is 11.8 Å². The van der Waals surface area contributed by atoms with Crippen molar-refractivity contribution in [3.63, 3.8) is 0 Å². The fourth-order valence-electron chi connectivity index (χ4n) is 3.73. The molecule has 1 aliphatic rings. The number of amides is 1. The van der Waals surface area contributed by atoms with Gasteiger partial charge in [-0.2, -0.15) is 0 Å². The van der Waals surface area contributed by atoms with Crippen molar-refractivity contribution in [2.75, 3.05) is 13.1 Å². The highest BCUT2D eigenvalue weighted by Crippen LogP contribution is 2.32. The number of likely N-dealkylation sites (tertiary alicyclic amines) is 1. The molecule has 0 saturated carbocycles. The molecule has 134 valence electrons. The monoisotopic (exact) mass is 341 g/mol. The summed E-state index contributed by atoms with van der Waals surface area (Å²) in [4.78, 5) is 28.2. The van der Waals surface area contributed by atoms with Crippen molar-refractivity contribution in [3.8, 4) is 11.4 Å². The van der Waals surface area contributed by atoms with Gasteiger partial charge < -0.3 is 9.47 Å². The number of nitrogens with zero attached hydrogens (tertiary/aromatic N) is 5. The van der Waals surface area contributed by atoms with Crippen LogP contribution in [0.3, 0.4) is 0 Å². The van der Waals surface area contributed by atoms with Crippen molar-refractivity contribution in [3.05, 3.63) is 30.6 Å². The SMILES string of the molecule is CCC(CC)C(=O)N1CCC[C@@H](c2nccnc2-c2cncn2C)C1. The number of carbonyl (C=O) groups excluding carboxylic acids is 1. The van der Waals surface area contributed by atoms with Gasteiger partial charge in [-0.25, -0.2) is 4.98 Å². The number of hydrogen-bond donors (Lipinski definition) is 0. The minimum Gasteiger partial charge on any atom is -0.342 e. The first-order valence-corrected chi connectivity index (χ1v) is 9.22. The van der Waals surface area contributed by atoms with Gasteiger partial charge in [0.25, 0.3) is 0 Å². The number of aromatic nitrogens is 4. The predicted octanol–water partition coefficient (Wildman–Crippen LogP) is 3.02. The summed E-state index contributed by atoms with van der Waals surface area (Å²) in [5.41, 5.74) is 2.82. The summed E-state index contributed by atoms with van der Waals surface area (Å²) in [6.07, 6.45) is 10.9. The Morgan fingerprint density at radius 1 is 1.28 bits per heavy atom. The van der Waals surface area contributed by atoms with Crippen LogP contribution >= 0.6 is 0 Å². The average molecular weight is 341 g/mol. The van der Waals surface area contributed by atoms with Crippen molar-refractivity contribution in [1.82, 2.24) is 24.4 Å². The minimum absolute atomic E-state index is 0.136. The molecule has 1 saturated heterocycles. The zero-order valence-corrected chi connectivity index (χ0v) is 15.4. The Bertz CT molecular complexity index is 722. The number of aryl methyl sites for hydroxylation is 1. The first kappa shape index (κ1) is 17.6. The van der Waals surface area contributed by atoms with Crippen LogP contribution < -0.4 is 0 Å². The van der Waals surface area contributed by atoms with Gasteiger partial charge in [0.15, 0.2) is 0 Å². The Balaban J connectivity index is 1.85. The number of hydrogen-bond acceptors (Lipinski definition) is 4. The maximum Gasteiger partial charge on any atom is 0.225 e. The molecule has 0 radical (unpaired) electrons. The lowest BCUT2D eigenvalue weighted by atomic mass is 9.91. The molecule has 3 heterocycles. The fourth-order valence-corrected chi connectivity index (χ4v) is 3.73. The van der Waals surface area contributed by atoms with Gasteiger partial charge >= 0.3 is 0 Å². The molecular weight excluding hydrogens is 314 g/mol. The Kier molecular flexibility index (Phi) is 5.46. The predicted molar refractivity (Wildman–Crippen MR) is 96.9 cm³/mol. The third kappa shape index (κ3) is 3.57. The molecule has 25 heavy (non-hydrogen) atoms. The van der Waals surface area contributed by atoms with E-state index in [0.29, 0.717) is 5.91 Å². The summed E-state index contributed by atoms with van der Waals surface area (Å²) >= 11 is 0. The summed E-state index contributed by atoms with van der Waals surface area (Å²) < 4.78 is 1.96. The lowest BCUT2D eigenvalue weighted by molar-refractivity contribution is -0.137. The fraction of sp³-hybridized carbons (Fsp3) is 0.579. The lowest BCUT2D eigenvalue weighted by Crippen LogP contribution is -2.42. The van der Waals surface area contributed by atoms with Crippen LogP contribution in [0.4, 0.5) is 0 Å². The van der Waals surface area contributed by atoms with E-state index in [0.717, 1.165) is 55.9 Å². The van der Waals surface area contributed by atoms with Crippen LogP contribution in [0.5, 0.6) is 0 Å². The zero-order chi connectivity index (χ0) is 17.8. The lowest BCUT2D eigenvalue weighted by Gasteiger charge is -2.35. The number of carbonyl (C=O) groups is 1. The molecule has 2 aromatic heterocycles. The molecule has 0 unspecified atom stereocenters. The summed E-state index contributed by atoms with van der Waals surface area (Å²) in [5.74, 6) is 0.656. The second kappa shape index (κ2) is 7.76. The largest absolute Gasteiger partial charge is 0.342 e. The van der Waals surface area contributed by atoms with Gasteiger partial charge in [0.2, 0.25) is 5.91 Å². The second-order valence-corrected chi connectivity index (χ2v) is 6.82. The molecule has 2 aromatic rings. The summed E-state index contributed by atoms with van der Waals surface area (Å²) in [7, 11) is 1.96. The van der Waals surface area contributed by atoms with Crippen LogP contribution in [-0.4, -0.2) is 43.4 Å². The van der Waals surface area contributed by atoms with E-state index in [4.69, 9.17) is 0 Å². The highest BCUT2D eigenvalue weighted by molar-refractivity contribution is 5.79. The zero-order valence-electron chi connectivity index (χ0n) is 15.4. The van der Waals surface area contributed by atoms with Crippen LogP contribution in [0.1, 0.15) is 51.1 Å². The normalized spacial score (nSPS) is 17.9. The smallest absolute Gasteiger partial charge is 0.225 e. The molecule has 1 fully saturated rings. The van der Waals surface area contributed by atoms with Crippen molar-refractivity contribution < 1.29 is 4.79 Å². The molecule has 0 N–H and O–H groups in total. The van der Waals surface area contributed by atoms with E-state index in [1.165, 1.54) is 0 Å². The standard InChI is InChI=1S/C19H27N5O/c1-4-14(5-2)19(25)24-10-6-7-15(12-24)17-18(22-9-8-21-17)16-11-20-13-23(16)3/h8-9,11,13-15H,4-7,10,12H2,1-3H3/t15-/m1/s1. The van der Waals surface area contributed by atoms with E-state index >= 15 is 0 Å². The van der Waals surface area contributed by atoms with Gasteiger partial charge in [0, 0.05) is 44.4 Å². The van der Waals surface area contributed by atoms with Crippen molar-refractivity contribution in [2.24, 2.45) is 13.0 Å². The van der Waals surface area contributed by atoms with Gasteiger partial charge in [0.1, 0.15) is 5.69 Å². The van der Waals surface area contributed by atoms with Crippen molar-refractivity contribution >= 4 is 5.91 Å². The maximum atomic E-state index is 12.8. The van der Waals surface area contributed by atoms with Crippen molar-refractivity contribution in [2.45, 2.75) is 45.4 Å². The van der Waals surface area contributed by atoms with E-state index in [1.807, 2.05) is 22.7 Å². The molecule has 0 aromatic carbocycles. The van der Waals surface area contributed by atoms with Gasteiger partial charge in [-0.3, -0.25) is 14.8 Å². The number of piperidine rings is 1. The van der Waals surface area contributed by atoms with Crippen LogP contribution in [0.2, 0.25) is 0 Å². The van der Waals surface area contributed by atoms with Crippen molar-refractivity contribution in [1.29, 1.82) is 0 Å². The topological polar surface area (TPSA) is 63.9 Å². The summed E-state index contributed by atoms with van der Waals surface area (Å²) in [5, 5.41) is 0. The van der Waals surface area contributed by atoms with Gasteiger partial charge in [-0.05, 0) is 25.7 Å². The number of imidazole rings is 1. The van der Waals surface area contributed by atoms with E-state index in [2.05, 4.69) is 28.8 Å². The maximum absolute atomic E-state index is 12.8. The van der Waals surface area contributed by atoms with Gasteiger partial charge in [-0.15, -0.1) is 0 Å². The molecule has 0 aliphatic carbocycles. The van der Waals surface area contributed by atoms with Gasteiger partial charge in [-0.1, -0.05) is 13.8 Å². The molecule has 0 bridgehead atoms. The number of rotatable bonds is 5. The summed E-state index contributed by atoms with van der Waals surface area (Å²) in [6, 6.07) is 0. The van der Waals surface area contributed by atoms with Crippen LogP contribution in [0.25, 0.3) is 11.4 Å². The molecule has 6 nitrogen and oxygen atoms in total. The first-order valence-electron chi connectivity index (χ1n) is 9.22. The van der Waals surface area contributed by atoms with Crippen LogP contribution in [0.15, 0.2) is 24.9 Å². The van der Waals surface area contributed by atoms with E-state index in [9.17, 15) is 4.79 Å². The Morgan fingerprint density at radius 3 is 2.72 bits per heavy atom. The molecule has 0 spiro atoms.